The van der Waals surface area contributed by atoms with Crippen molar-refractivity contribution in [2.45, 2.75) is 65.2 Å². The highest BCUT2D eigenvalue weighted by molar-refractivity contribution is 6.38. The summed E-state index contributed by atoms with van der Waals surface area (Å²) >= 11 is 0. The van der Waals surface area contributed by atoms with E-state index in [-0.39, 0.29) is 18.8 Å². The Morgan fingerprint density at radius 2 is 1.80 bits per heavy atom. The van der Waals surface area contributed by atoms with Crippen LogP contribution in [0.2, 0.25) is 0 Å². The van der Waals surface area contributed by atoms with E-state index >= 15 is 0 Å². The number of Topliss-reactive ketones (excluding diaryl/α,β-unsaturated/α-hetero) is 1. The van der Waals surface area contributed by atoms with Crippen molar-refractivity contribution in [2.24, 2.45) is 5.41 Å². The van der Waals surface area contributed by atoms with Gasteiger partial charge in [-0.25, -0.2) is 4.98 Å². The molecule has 1 aliphatic rings. The molecule has 1 aliphatic heterocycles. The van der Waals surface area contributed by atoms with Gasteiger partial charge in [-0.3, -0.25) is 33.8 Å². The van der Waals surface area contributed by atoms with Crippen molar-refractivity contribution >= 4 is 35.3 Å². The van der Waals surface area contributed by atoms with Gasteiger partial charge in [0.2, 0.25) is 23.5 Å². The Kier molecular flexibility index (Phi) is 11.4. The van der Waals surface area contributed by atoms with Crippen LogP contribution in [0.15, 0.2) is 61.7 Å². The summed E-state index contributed by atoms with van der Waals surface area (Å²) in [6, 6.07) is 5.96. The minimum atomic E-state index is -1.16. The van der Waals surface area contributed by atoms with Gasteiger partial charge in [-0.05, 0) is 30.7 Å². The van der Waals surface area contributed by atoms with Crippen molar-refractivity contribution in [3.63, 3.8) is 0 Å². The number of nitrogens with zero attached hydrogens (tertiary/aromatic N) is 4. The van der Waals surface area contributed by atoms with Crippen molar-refractivity contribution in [3.05, 3.63) is 73.0 Å². The lowest BCUT2D eigenvalue weighted by Gasteiger charge is -2.37. The second-order valence-corrected chi connectivity index (χ2v) is 11.5. The molecule has 5 amide bonds. The van der Waals surface area contributed by atoms with E-state index in [1.165, 1.54) is 36.6 Å². The molecule has 1 fully saturated rings. The molecule has 2 aromatic rings. The van der Waals surface area contributed by atoms with Crippen LogP contribution in [-0.2, 0) is 30.5 Å². The first-order chi connectivity index (χ1) is 20.8. The van der Waals surface area contributed by atoms with E-state index in [1.807, 2.05) is 30.3 Å². The number of amides is 5. The molecule has 1 aromatic heterocycles. The molecule has 0 saturated carbocycles. The molecule has 0 bridgehead atoms. The van der Waals surface area contributed by atoms with Crippen molar-refractivity contribution < 1.29 is 28.8 Å². The third-order valence-corrected chi connectivity index (χ3v) is 7.21. The Morgan fingerprint density at radius 1 is 1.09 bits per heavy atom. The molecule has 234 valence electrons. The lowest BCUT2D eigenvalue weighted by molar-refractivity contribution is -0.149. The van der Waals surface area contributed by atoms with Crippen LogP contribution in [0.4, 0.5) is 0 Å². The Balaban J connectivity index is 1.66. The molecular weight excluding hydrogens is 566 g/mol. The largest absolute Gasteiger partial charge is 0.345 e. The molecule has 3 unspecified atom stereocenters. The quantitative estimate of drug-likeness (QED) is 0.301. The van der Waals surface area contributed by atoms with Crippen LogP contribution >= 0.6 is 0 Å². The predicted molar refractivity (Wildman–Crippen MR) is 160 cm³/mol. The van der Waals surface area contributed by atoms with Crippen LogP contribution in [0.1, 0.15) is 56.6 Å². The van der Waals surface area contributed by atoms with Gasteiger partial charge in [0.1, 0.15) is 23.8 Å². The second-order valence-electron chi connectivity index (χ2n) is 11.5. The summed E-state index contributed by atoms with van der Waals surface area (Å²) in [6.45, 7) is 10.4. The molecule has 44 heavy (non-hydrogen) atoms. The Labute approximate surface area is 256 Å². The maximum atomic E-state index is 13.8. The van der Waals surface area contributed by atoms with Gasteiger partial charge in [0.15, 0.2) is 0 Å². The van der Waals surface area contributed by atoms with E-state index in [0.717, 1.165) is 10.5 Å². The first kappa shape index (κ1) is 33.6. The fourth-order valence-corrected chi connectivity index (χ4v) is 4.77. The molecule has 13 nitrogen and oxygen atoms in total. The van der Waals surface area contributed by atoms with Gasteiger partial charge in [-0.15, -0.1) is 0 Å². The Hall–Kier alpha value is -4.94. The number of nitrogens with one attached hydrogen (secondary N) is 3. The fraction of sp³-hybridized carbons (Fsp3) is 0.419. The minimum absolute atomic E-state index is 0.0373. The standard InChI is InChI=1S/C31H39N7O6/c1-6-37(20(2)25(40)28(42)34-17-21-11-8-7-9-12-21)29(43)23-13-10-16-38(23)30(44)26(31(3,4)5)36-24(39)19-35-27(41)22-18-32-14-15-33-22/h6-9,11-12,14-15,18,20,23,26H,1,10,13,16-17,19H2,2-5H3,(H,34,42)(H,35,41)(H,36,39). The van der Waals surface area contributed by atoms with Gasteiger partial charge in [-0.2, -0.15) is 0 Å². The molecule has 0 spiro atoms. The monoisotopic (exact) mass is 605 g/mol. The zero-order chi connectivity index (χ0) is 32.4. The summed E-state index contributed by atoms with van der Waals surface area (Å²) in [5.74, 6) is -3.91. The lowest BCUT2D eigenvalue weighted by atomic mass is 9.85. The molecule has 3 N–H and O–H groups in total. The van der Waals surface area contributed by atoms with Crippen LogP contribution in [0.5, 0.6) is 0 Å². The number of aromatic nitrogens is 2. The summed E-state index contributed by atoms with van der Waals surface area (Å²) in [7, 11) is 0. The minimum Gasteiger partial charge on any atom is -0.345 e. The first-order valence-corrected chi connectivity index (χ1v) is 14.3. The van der Waals surface area contributed by atoms with Crippen molar-refractivity contribution in [1.29, 1.82) is 0 Å². The summed E-state index contributed by atoms with van der Waals surface area (Å²) in [6.07, 6.45) is 6.05. The number of rotatable bonds is 12. The molecular formula is C31H39N7O6. The van der Waals surface area contributed by atoms with Crippen molar-refractivity contribution in [1.82, 2.24) is 35.7 Å². The molecule has 2 heterocycles. The van der Waals surface area contributed by atoms with Crippen molar-refractivity contribution in [2.75, 3.05) is 13.1 Å². The van der Waals surface area contributed by atoms with Gasteiger partial charge in [-0.1, -0.05) is 57.7 Å². The maximum Gasteiger partial charge on any atom is 0.289 e. The fourth-order valence-electron chi connectivity index (χ4n) is 4.77. The number of carbonyl (C=O) groups excluding carboxylic acids is 6. The molecule has 0 aliphatic carbocycles. The highest BCUT2D eigenvalue weighted by atomic mass is 16.2. The number of benzene rings is 1. The summed E-state index contributed by atoms with van der Waals surface area (Å²) in [5, 5.41) is 7.71. The summed E-state index contributed by atoms with van der Waals surface area (Å²) in [5.41, 5.74) is 0.0950. The number of hydrogen-bond donors (Lipinski definition) is 3. The van der Waals surface area contributed by atoms with Crippen LogP contribution in [0, 0.1) is 5.41 Å². The molecule has 0 radical (unpaired) electrons. The molecule has 13 heteroatoms. The molecule has 1 saturated heterocycles. The van der Waals surface area contributed by atoms with E-state index in [0.29, 0.717) is 12.8 Å². The number of ketones is 1. The van der Waals surface area contributed by atoms with Gasteiger partial charge in [0, 0.05) is 31.7 Å². The lowest BCUT2D eigenvalue weighted by Crippen LogP contribution is -2.59. The zero-order valence-electron chi connectivity index (χ0n) is 25.4. The normalized spacial score (nSPS) is 15.8. The number of likely N-dealkylation sites (tertiary alicyclic amines) is 1. The topological polar surface area (TPSA) is 171 Å². The summed E-state index contributed by atoms with van der Waals surface area (Å²) < 4.78 is 0. The zero-order valence-corrected chi connectivity index (χ0v) is 25.4. The first-order valence-electron chi connectivity index (χ1n) is 14.3. The Bertz CT molecular complexity index is 1380. The molecule has 3 rings (SSSR count). The van der Waals surface area contributed by atoms with E-state index in [9.17, 15) is 28.8 Å². The predicted octanol–water partition coefficient (Wildman–Crippen LogP) is 0.974. The second kappa shape index (κ2) is 15.0. The van der Waals surface area contributed by atoms with Gasteiger partial charge in [0.25, 0.3) is 11.8 Å². The van der Waals surface area contributed by atoms with Crippen LogP contribution in [0.25, 0.3) is 0 Å². The van der Waals surface area contributed by atoms with E-state index in [1.54, 1.807) is 20.8 Å². The smallest absolute Gasteiger partial charge is 0.289 e. The number of carbonyl (C=O) groups is 6. The van der Waals surface area contributed by atoms with E-state index in [4.69, 9.17) is 0 Å². The van der Waals surface area contributed by atoms with E-state index in [2.05, 4.69) is 32.5 Å². The van der Waals surface area contributed by atoms with Crippen LogP contribution < -0.4 is 16.0 Å². The van der Waals surface area contributed by atoms with Crippen molar-refractivity contribution in [3.8, 4) is 0 Å². The third-order valence-electron chi connectivity index (χ3n) is 7.21. The van der Waals surface area contributed by atoms with Gasteiger partial charge in [0.05, 0.1) is 12.7 Å². The molecule has 1 aromatic carbocycles. The van der Waals surface area contributed by atoms with Gasteiger partial charge < -0.3 is 25.8 Å². The van der Waals surface area contributed by atoms with Crippen LogP contribution in [0.3, 0.4) is 0 Å². The highest BCUT2D eigenvalue weighted by Gasteiger charge is 2.44. The Morgan fingerprint density at radius 3 is 2.41 bits per heavy atom. The molecule has 3 atom stereocenters. The van der Waals surface area contributed by atoms with Gasteiger partial charge >= 0.3 is 0 Å². The van der Waals surface area contributed by atoms with Crippen LogP contribution in [-0.4, -0.2) is 86.3 Å². The average Bonchev–Trinajstić information content (AvgIpc) is 3.51. The summed E-state index contributed by atoms with van der Waals surface area (Å²) in [4.78, 5) is 88.3. The van der Waals surface area contributed by atoms with E-state index < -0.39 is 65.4 Å². The third kappa shape index (κ3) is 8.55. The number of hydrogen-bond acceptors (Lipinski definition) is 8. The average molecular weight is 606 g/mol. The maximum absolute atomic E-state index is 13.8. The SMILES string of the molecule is C=CN(C(=O)C1CCCN1C(=O)C(NC(=O)CNC(=O)c1cnccn1)C(C)(C)C)C(C)C(=O)C(=O)NCc1ccccc1. The highest BCUT2D eigenvalue weighted by Crippen LogP contribution is 2.27.